The molecule has 1 amide bonds. The molecule has 0 saturated carbocycles. The molecular formula is C13H15N5OS. The molecule has 1 aromatic carbocycles. The molecule has 0 bridgehead atoms. The maximum Gasteiger partial charge on any atom is 0.237 e. The molecule has 3 rings (SSSR count). The maximum atomic E-state index is 12.6. The smallest absolute Gasteiger partial charge is 0.237 e. The number of anilines is 2. The number of nitrogen functional groups attached to an aromatic ring is 1. The van der Waals surface area contributed by atoms with Gasteiger partial charge in [0.25, 0.3) is 0 Å². The summed E-state index contributed by atoms with van der Waals surface area (Å²) in [6.45, 7) is 4.25. The highest BCUT2D eigenvalue weighted by Gasteiger charge is 2.43. The zero-order valence-corrected chi connectivity index (χ0v) is 12.1. The second-order valence-electron chi connectivity index (χ2n) is 5.23. The molecule has 0 radical (unpaired) electrons. The Labute approximate surface area is 120 Å². The van der Waals surface area contributed by atoms with Crippen molar-refractivity contribution in [1.82, 2.24) is 9.59 Å². The van der Waals surface area contributed by atoms with E-state index in [0.717, 1.165) is 11.3 Å². The first-order valence-electron chi connectivity index (χ1n) is 6.25. The van der Waals surface area contributed by atoms with Crippen LogP contribution in [0.5, 0.6) is 0 Å². The van der Waals surface area contributed by atoms with E-state index in [2.05, 4.69) is 15.0 Å². The summed E-state index contributed by atoms with van der Waals surface area (Å²) in [5.74, 6) is 5.49. The van der Waals surface area contributed by atoms with Crippen molar-refractivity contribution in [3.63, 3.8) is 0 Å². The van der Waals surface area contributed by atoms with Crippen LogP contribution < -0.4 is 16.2 Å². The quantitative estimate of drug-likeness (QED) is 0.663. The second kappa shape index (κ2) is 4.53. The van der Waals surface area contributed by atoms with E-state index in [9.17, 15) is 4.79 Å². The summed E-state index contributed by atoms with van der Waals surface area (Å²) in [5, 5.41) is 4.72. The summed E-state index contributed by atoms with van der Waals surface area (Å²) in [5.41, 5.74) is 4.69. The minimum atomic E-state index is -0.518. The van der Waals surface area contributed by atoms with Gasteiger partial charge in [0.1, 0.15) is 10.7 Å². The van der Waals surface area contributed by atoms with Crippen LogP contribution in [0.1, 0.15) is 25.1 Å². The lowest BCUT2D eigenvalue weighted by molar-refractivity contribution is -0.122. The predicted molar refractivity (Wildman–Crippen MR) is 78.4 cm³/mol. The number of hydrazine groups is 1. The van der Waals surface area contributed by atoms with Gasteiger partial charge in [0.2, 0.25) is 5.91 Å². The fourth-order valence-electron chi connectivity index (χ4n) is 2.53. The molecule has 0 saturated heterocycles. The van der Waals surface area contributed by atoms with Gasteiger partial charge in [0.15, 0.2) is 0 Å². The molecule has 0 fully saturated rings. The van der Waals surface area contributed by atoms with Gasteiger partial charge in [-0.15, -0.1) is 5.10 Å². The van der Waals surface area contributed by atoms with E-state index in [0.29, 0.717) is 17.2 Å². The molecule has 2 heterocycles. The highest BCUT2D eigenvalue weighted by Crippen LogP contribution is 2.42. The molecule has 1 aromatic heterocycles. The summed E-state index contributed by atoms with van der Waals surface area (Å²) >= 11 is 1.18. The van der Waals surface area contributed by atoms with Crippen molar-refractivity contribution in [3.05, 3.63) is 35.5 Å². The van der Waals surface area contributed by atoms with Crippen molar-refractivity contribution >= 4 is 28.1 Å². The first-order chi connectivity index (χ1) is 9.55. The summed E-state index contributed by atoms with van der Waals surface area (Å²) in [6, 6.07) is 7.84. The number of aromatic nitrogens is 2. The molecule has 0 spiro atoms. The summed E-state index contributed by atoms with van der Waals surface area (Å²) < 4.78 is 3.86. The highest BCUT2D eigenvalue weighted by atomic mass is 32.1. The number of amides is 1. The molecule has 2 aromatic rings. The molecule has 6 nitrogen and oxygen atoms in total. The van der Waals surface area contributed by atoms with Gasteiger partial charge in [0, 0.05) is 17.2 Å². The number of fused-ring (bicyclic) bond motifs is 1. The molecule has 1 aliphatic heterocycles. The molecule has 104 valence electrons. The number of rotatable bonds is 3. The van der Waals surface area contributed by atoms with Gasteiger partial charge in [-0.2, -0.15) is 0 Å². The van der Waals surface area contributed by atoms with Crippen LogP contribution >= 0.6 is 11.5 Å². The number of nitrogens with two attached hydrogens (primary N) is 1. The average molecular weight is 289 g/mol. The van der Waals surface area contributed by atoms with Crippen molar-refractivity contribution in [1.29, 1.82) is 0 Å². The third-order valence-corrected chi connectivity index (χ3v) is 4.34. The zero-order chi connectivity index (χ0) is 14.3. The topological polar surface area (TPSA) is 84.1 Å². The Morgan fingerprint density at radius 1 is 1.40 bits per heavy atom. The molecular weight excluding hydrogens is 274 g/mol. The van der Waals surface area contributed by atoms with Crippen LogP contribution in [0.4, 0.5) is 10.7 Å². The van der Waals surface area contributed by atoms with Gasteiger partial charge in [-0.25, -0.2) is 5.84 Å². The third kappa shape index (κ3) is 1.78. The first-order valence-corrected chi connectivity index (χ1v) is 7.02. The fourth-order valence-corrected chi connectivity index (χ4v) is 3.01. The van der Waals surface area contributed by atoms with Crippen molar-refractivity contribution in [2.24, 2.45) is 5.84 Å². The Kier molecular flexibility index (Phi) is 2.95. The summed E-state index contributed by atoms with van der Waals surface area (Å²) in [6.07, 6.45) is 0. The van der Waals surface area contributed by atoms with Crippen LogP contribution in [0.15, 0.2) is 24.3 Å². The maximum absolute atomic E-state index is 12.6. The first kappa shape index (κ1) is 13.0. The normalized spacial score (nSPS) is 16.4. The Balaban J connectivity index is 2.01. The van der Waals surface area contributed by atoms with Crippen LogP contribution in [0, 0.1) is 0 Å². The standard InChI is InChI=1S/C13H15N5OS/c1-13(2)8-5-3-4-6-10(8)18(12(13)19)7-9-11(15-14)20-17-16-9/h3-6,15H,7,14H2,1-2H3. The van der Waals surface area contributed by atoms with Crippen molar-refractivity contribution in [3.8, 4) is 0 Å². The van der Waals surface area contributed by atoms with Crippen molar-refractivity contribution in [2.45, 2.75) is 25.8 Å². The van der Waals surface area contributed by atoms with Gasteiger partial charge in [-0.05, 0) is 25.5 Å². The van der Waals surface area contributed by atoms with Crippen LogP contribution in [0.2, 0.25) is 0 Å². The molecule has 1 aliphatic rings. The van der Waals surface area contributed by atoms with Gasteiger partial charge in [0.05, 0.1) is 12.0 Å². The molecule has 0 aliphatic carbocycles. The number of para-hydroxylation sites is 1. The highest BCUT2D eigenvalue weighted by molar-refractivity contribution is 7.10. The Morgan fingerprint density at radius 3 is 2.90 bits per heavy atom. The van der Waals surface area contributed by atoms with Gasteiger partial charge < -0.3 is 10.3 Å². The number of nitrogens with zero attached hydrogens (tertiary/aromatic N) is 3. The number of hydrogen-bond acceptors (Lipinski definition) is 6. The fraction of sp³-hybridized carbons (Fsp3) is 0.308. The molecule has 7 heteroatoms. The van der Waals surface area contributed by atoms with Crippen LogP contribution in [-0.2, 0) is 16.8 Å². The molecule has 0 atom stereocenters. The molecule has 20 heavy (non-hydrogen) atoms. The van der Waals surface area contributed by atoms with Gasteiger partial charge in [-0.1, -0.05) is 22.7 Å². The van der Waals surface area contributed by atoms with E-state index in [1.165, 1.54) is 11.5 Å². The van der Waals surface area contributed by atoms with Crippen molar-refractivity contribution in [2.75, 3.05) is 10.3 Å². The third-order valence-electron chi connectivity index (χ3n) is 3.64. The number of benzene rings is 1. The Bertz CT molecular complexity index is 666. The number of carbonyl (C=O) groups excluding carboxylic acids is 1. The minimum absolute atomic E-state index is 0.0645. The van der Waals surface area contributed by atoms with Gasteiger partial charge >= 0.3 is 0 Å². The van der Waals surface area contributed by atoms with E-state index in [4.69, 9.17) is 5.84 Å². The second-order valence-corrected chi connectivity index (χ2v) is 5.98. The Hall–Kier alpha value is -1.99. The monoisotopic (exact) mass is 289 g/mol. The lowest BCUT2D eigenvalue weighted by Gasteiger charge is -2.19. The van der Waals surface area contributed by atoms with E-state index >= 15 is 0 Å². The predicted octanol–water partition coefficient (Wildman–Crippen LogP) is 1.65. The molecule has 3 N–H and O–H groups in total. The lowest BCUT2D eigenvalue weighted by Crippen LogP contribution is -2.36. The zero-order valence-electron chi connectivity index (χ0n) is 11.3. The molecule has 0 unspecified atom stereocenters. The van der Waals surface area contributed by atoms with Crippen LogP contribution in [-0.4, -0.2) is 15.5 Å². The SMILES string of the molecule is CC1(C)C(=O)N(Cc2nnsc2NN)c2ccccc21. The summed E-state index contributed by atoms with van der Waals surface area (Å²) in [4.78, 5) is 14.4. The number of hydrogen-bond donors (Lipinski definition) is 2. The van der Waals surface area contributed by atoms with E-state index < -0.39 is 5.41 Å². The van der Waals surface area contributed by atoms with E-state index in [1.807, 2.05) is 38.1 Å². The lowest BCUT2D eigenvalue weighted by atomic mass is 9.86. The van der Waals surface area contributed by atoms with E-state index in [1.54, 1.807) is 4.90 Å². The van der Waals surface area contributed by atoms with Crippen LogP contribution in [0.25, 0.3) is 0 Å². The summed E-state index contributed by atoms with van der Waals surface area (Å²) in [7, 11) is 0. The largest absolute Gasteiger partial charge is 0.313 e. The minimum Gasteiger partial charge on any atom is -0.313 e. The number of carbonyl (C=O) groups is 1. The van der Waals surface area contributed by atoms with Gasteiger partial charge in [-0.3, -0.25) is 4.79 Å². The Morgan fingerprint density at radius 2 is 2.15 bits per heavy atom. The average Bonchev–Trinajstić information content (AvgIpc) is 2.97. The van der Waals surface area contributed by atoms with E-state index in [-0.39, 0.29) is 5.91 Å². The van der Waals surface area contributed by atoms with Crippen LogP contribution in [0.3, 0.4) is 0 Å². The van der Waals surface area contributed by atoms with Crippen molar-refractivity contribution < 1.29 is 4.79 Å². The number of nitrogens with one attached hydrogen (secondary N) is 1.